The van der Waals surface area contributed by atoms with Gasteiger partial charge in [0.05, 0.1) is 16.3 Å². The molecule has 0 saturated heterocycles. The minimum absolute atomic E-state index is 0.000109. The van der Waals surface area contributed by atoms with Gasteiger partial charge < -0.3 is 15.5 Å². The monoisotopic (exact) mass is 420 g/mol. The SMILES string of the molecule is Cc1ccc([C@H]([NH2+]CC(=O)N2c3ccccc3NC(=O)C[C@H]2C)c2cccs2)cc1. The largest absolute Gasteiger partial charge is 0.328 e. The highest BCUT2D eigenvalue weighted by Crippen LogP contribution is 2.31. The van der Waals surface area contributed by atoms with Gasteiger partial charge in [-0.3, -0.25) is 9.59 Å². The van der Waals surface area contributed by atoms with Gasteiger partial charge in [0, 0.05) is 18.0 Å². The van der Waals surface area contributed by atoms with Gasteiger partial charge in [0.25, 0.3) is 5.91 Å². The first-order valence-electron chi connectivity index (χ1n) is 10.2. The molecule has 2 heterocycles. The van der Waals surface area contributed by atoms with Crippen molar-refractivity contribution in [3.05, 3.63) is 82.0 Å². The Kier molecular flexibility index (Phi) is 5.97. The van der Waals surface area contributed by atoms with Crippen LogP contribution in [-0.2, 0) is 9.59 Å². The molecule has 30 heavy (non-hydrogen) atoms. The van der Waals surface area contributed by atoms with Crippen LogP contribution in [0.5, 0.6) is 0 Å². The number of nitrogens with one attached hydrogen (secondary N) is 1. The third kappa shape index (κ3) is 4.30. The van der Waals surface area contributed by atoms with Crippen LogP contribution < -0.4 is 15.5 Å². The first-order chi connectivity index (χ1) is 14.5. The fourth-order valence-electron chi connectivity index (χ4n) is 3.94. The van der Waals surface area contributed by atoms with E-state index in [1.54, 1.807) is 16.2 Å². The number of fused-ring (bicyclic) bond motifs is 1. The summed E-state index contributed by atoms with van der Waals surface area (Å²) in [5.74, 6) is -0.0644. The second-order valence-electron chi connectivity index (χ2n) is 7.73. The number of aryl methyl sites for hydroxylation is 1. The van der Waals surface area contributed by atoms with E-state index < -0.39 is 0 Å². The number of nitrogens with two attached hydrogens (primary N) is 1. The molecule has 4 rings (SSSR count). The summed E-state index contributed by atoms with van der Waals surface area (Å²) in [5.41, 5.74) is 3.84. The number of amides is 2. The molecule has 6 heteroatoms. The third-order valence-electron chi connectivity index (χ3n) is 5.44. The minimum atomic E-state index is -0.200. The summed E-state index contributed by atoms with van der Waals surface area (Å²) in [6, 6.07) is 20.0. The Hall–Kier alpha value is -2.96. The van der Waals surface area contributed by atoms with Crippen LogP contribution in [0.25, 0.3) is 0 Å². The molecule has 0 unspecified atom stereocenters. The molecule has 0 radical (unpaired) electrons. The Labute approximate surface area is 180 Å². The summed E-state index contributed by atoms with van der Waals surface area (Å²) in [4.78, 5) is 28.5. The molecule has 1 aliphatic rings. The molecule has 0 aliphatic carbocycles. The van der Waals surface area contributed by atoms with Crippen LogP contribution in [0.15, 0.2) is 66.0 Å². The van der Waals surface area contributed by atoms with Crippen molar-refractivity contribution in [2.45, 2.75) is 32.4 Å². The second kappa shape index (κ2) is 8.81. The van der Waals surface area contributed by atoms with Crippen LogP contribution in [-0.4, -0.2) is 24.4 Å². The highest BCUT2D eigenvalue weighted by molar-refractivity contribution is 7.10. The predicted octanol–water partition coefficient (Wildman–Crippen LogP) is 3.47. The molecule has 2 aromatic carbocycles. The summed E-state index contributed by atoms with van der Waals surface area (Å²) in [7, 11) is 0. The van der Waals surface area contributed by atoms with Crippen LogP contribution in [0.2, 0.25) is 0 Å². The van der Waals surface area contributed by atoms with E-state index in [-0.39, 0.29) is 30.3 Å². The lowest BCUT2D eigenvalue weighted by atomic mass is 10.0. The fraction of sp³-hybridized carbons (Fsp3) is 0.250. The molecule has 1 aromatic heterocycles. The average Bonchev–Trinajstić information content (AvgIpc) is 3.21. The zero-order chi connectivity index (χ0) is 21.1. The molecule has 0 spiro atoms. The van der Waals surface area contributed by atoms with Crippen LogP contribution in [0.4, 0.5) is 11.4 Å². The van der Waals surface area contributed by atoms with Crippen molar-refractivity contribution in [1.29, 1.82) is 0 Å². The number of rotatable bonds is 5. The summed E-state index contributed by atoms with van der Waals surface area (Å²) in [6.45, 7) is 4.30. The lowest BCUT2D eigenvalue weighted by Gasteiger charge is -2.27. The van der Waals surface area contributed by atoms with Crippen LogP contribution in [0.3, 0.4) is 0 Å². The molecule has 0 fully saturated rings. The van der Waals surface area contributed by atoms with Crippen LogP contribution in [0, 0.1) is 6.92 Å². The summed E-state index contributed by atoms with van der Waals surface area (Å²) >= 11 is 1.70. The van der Waals surface area contributed by atoms with Crippen LogP contribution >= 0.6 is 11.3 Å². The Morgan fingerprint density at radius 2 is 1.93 bits per heavy atom. The van der Waals surface area contributed by atoms with Gasteiger partial charge in [0.15, 0.2) is 6.54 Å². The van der Waals surface area contributed by atoms with Crippen molar-refractivity contribution in [3.8, 4) is 0 Å². The first kappa shape index (κ1) is 20.3. The van der Waals surface area contributed by atoms with Gasteiger partial charge >= 0.3 is 0 Å². The van der Waals surface area contributed by atoms with Gasteiger partial charge in [-0.15, -0.1) is 11.3 Å². The molecular weight excluding hydrogens is 394 g/mol. The number of hydrogen-bond donors (Lipinski definition) is 2. The zero-order valence-electron chi connectivity index (χ0n) is 17.2. The molecular formula is C24H26N3O2S+. The first-order valence-corrected chi connectivity index (χ1v) is 11.0. The number of hydrogen-bond acceptors (Lipinski definition) is 3. The second-order valence-corrected chi connectivity index (χ2v) is 8.71. The van der Waals surface area contributed by atoms with Crippen molar-refractivity contribution in [2.75, 3.05) is 16.8 Å². The minimum Gasteiger partial charge on any atom is -0.328 e. The molecule has 0 saturated carbocycles. The number of benzene rings is 2. The van der Waals surface area contributed by atoms with E-state index in [9.17, 15) is 9.59 Å². The number of para-hydroxylation sites is 2. The molecule has 3 N–H and O–H groups in total. The normalized spacial score (nSPS) is 17.1. The predicted molar refractivity (Wildman–Crippen MR) is 121 cm³/mol. The maximum absolute atomic E-state index is 13.3. The molecule has 154 valence electrons. The van der Waals surface area contributed by atoms with Crippen molar-refractivity contribution < 1.29 is 14.9 Å². The smallest absolute Gasteiger partial charge is 0.282 e. The van der Waals surface area contributed by atoms with Crippen molar-refractivity contribution in [2.24, 2.45) is 0 Å². The van der Waals surface area contributed by atoms with Gasteiger partial charge in [0.1, 0.15) is 6.04 Å². The quantitative estimate of drug-likeness (QED) is 0.664. The molecule has 5 nitrogen and oxygen atoms in total. The number of nitrogens with zero attached hydrogens (tertiary/aromatic N) is 1. The third-order valence-corrected chi connectivity index (χ3v) is 6.40. The Balaban J connectivity index is 1.57. The Bertz CT molecular complexity index is 1030. The number of anilines is 2. The van der Waals surface area contributed by atoms with E-state index in [4.69, 9.17) is 0 Å². The van der Waals surface area contributed by atoms with Gasteiger partial charge in [-0.05, 0) is 37.4 Å². The van der Waals surface area contributed by atoms with Crippen molar-refractivity contribution in [1.82, 2.24) is 0 Å². The average molecular weight is 421 g/mol. The molecule has 1 aliphatic heterocycles. The number of carbonyl (C=O) groups excluding carboxylic acids is 2. The topological polar surface area (TPSA) is 66.0 Å². The van der Waals surface area contributed by atoms with E-state index in [1.165, 1.54) is 16.0 Å². The zero-order valence-corrected chi connectivity index (χ0v) is 18.0. The molecule has 0 bridgehead atoms. The van der Waals surface area contributed by atoms with Crippen LogP contribution in [0.1, 0.15) is 35.4 Å². The van der Waals surface area contributed by atoms with Gasteiger partial charge in [-0.25, -0.2) is 0 Å². The fourth-order valence-corrected chi connectivity index (χ4v) is 4.79. The standard InChI is InChI=1S/C24H25N3O2S/c1-16-9-11-18(12-10-16)24(21-8-5-13-30-21)25-15-23(29)27-17(2)14-22(28)26-19-6-3-4-7-20(19)27/h3-13,17,24-25H,14-15H2,1-2H3,(H,26,28)/p+1/t17-,24+/m1/s1. The van der Waals surface area contributed by atoms with E-state index >= 15 is 0 Å². The van der Waals surface area contributed by atoms with E-state index in [1.807, 2.05) is 37.3 Å². The maximum atomic E-state index is 13.3. The molecule has 3 aromatic rings. The van der Waals surface area contributed by atoms with Gasteiger partial charge in [-0.1, -0.05) is 48.0 Å². The van der Waals surface area contributed by atoms with Gasteiger partial charge in [0.2, 0.25) is 5.91 Å². The van der Waals surface area contributed by atoms with Crippen molar-refractivity contribution >= 4 is 34.5 Å². The number of carbonyl (C=O) groups is 2. The Morgan fingerprint density at radius 1 is 1.17 bits per heavy atom. The highest BCUT2D eigenvalue weighted by atomic mass is 32.1. The molecule has 2 atom stereocenters. The summed E-state index contributed by atoms with van der Waals surface area (Å²) in [5, 5.41) is 7.07. The summed E-state index contributed by atoms with van der Waals surface area (Å²) in [6.07, 6.45) is 0.284. The van der Waals surface area contributed by atoms with Crippen molar-refractivity contribution in [3.63, 3.8) is 0 Å². The lowest BCUT2D eigenvalue weighted by molar-refractivity contribution is -0.676. The number of quaternary nitrogens is 1. The molecule has 2 amide bonds. The Morgan fingerprint density at radius 3 is 2.67 bits per heavy atom. The summed E-state index contributed by atoms with van der Waals surface area (Å²) < 4.78 is 0. The number of thiophene rings is 1. The lowest BCUT2D eigenvalue weighted by Crippen LogP contribution is -2.88. The highest BCUT2D eigenvalue weighted by Gasteiger charge is 2.31. The maximum Gasteiger partial charge on any atom is 0.282 e. The van der Waals surface area contributed by atoms with E-state index in [2.05, 4.69) is 53.3 Å². The van der Waals surface area contributed by atoms with Gasteiger partial charge in [-0.2, -0.15) is 0 Å². The van der Waals surface area contributed by atoms with E-state index in [0.717, 1.165) is 5.69 Å². The van der Waals surface area contributed by atoms with E-state index in [0.29, 0.717) is 12.2 Å².